The van der Waals surface area contributed by atoms with Crippen LogP contribution in [0.1, 0.15) is 51.4 Å². The van der Waals surface area contributed by atoms with E-state index in [0.29, 0.717) is 25.9 Å². The molecule has 0 aromatic carbocycles. The predicted octanol–water partition coefficient (Wildman–Crippen LogP) is -1.39. The molecule has 6 N–H and O–H groups in total. The summed E-state index contributed by atoms with van der Waals surface area (Å²) < 4.78 is 0. The van der Waals surface area contributed by atoms with E-state index in [0.717, 1.165) is 12.8 Å². The average molecular weight is 793 g/mol. The van der Waals surface area contributed by atoms with Crippen molar-refractivity contribution >= 4 is 23.9 Å². The van der Waals surface area contributed by atoms with Gasteiger partial charge in [0.1, 0.15) is 0 Å². The van der Waals surface area contributed by atoms with Gasteiger partial charge in [0, 0.05) is 10.8 Å². The molecule has 0 atom stereocenters. The van der Waals surface area contributed by atoms with Crippen molar-refractivity contribution in [2.75, 3.05) is 13.1 Å². The number of hydrogen-bond donors (Lipinski definition) is 0. The maximum absolute atomic E-state index is 10.2. The normalized spacial score (nSPS) is 15.9. The molecule has 0 amide bonds. The van der Waals surface area contributed by atoms with Crippen LogP contribution in [0.25, 0.3) is 23.8 Å². The van der Waals surface area contributed by atoms with E-state index >= 15 is 0 Å². The summed E-state index contributed by atoms with van der Waals surface area (Å²) in [5, 5.41) is 40.9. The average Bonchev–Trinajstić information content (AvgIpc) is 2.42. The summed E-state index contributed by atoms with van der Waals surface area (Å²) in [7, 11) is 0. The van der Waals surface area contributed by atoms with Crippen molar-refractivity contribution in [2.24, 2.45) is 10.8 Å². The summed E-state index contributed by atoms with van der Waals surface area (Å²) >= 11 is 0. The number of hydrogen-bond acceptors (Lipinski definition) is 8. The van der Waals surface area contributed by atoms with E-state index in [1.165, 1.54) is 0 Å². The molecule has 2 saturated carbocycles. The van der Waals surface area contributed by atoms with Crippen LogP contribution in [0, 0.1) is 10.8 Å². The van der Waals surface area contributed by atoms with E-state index < -0.39 is 34.7 Å². The summed E-state index contributed by atoms with van der Waals surface area (Å²) in [4.78, 5) is 40.9. The van der Waals surface area contributed by atoms with Gasteiger partial charge in [-0.3, -0.25) is 0 Å². The number of unbranched alkanes of at least 4 members (excludes halogenated alkanes) is 1. The van der Waals surface area contributed by atoms with Crippen molar-refractivity contribution in [1.82, 2.24) is 0 Å². The minimum absolute atomic E-state index is 0. The smallest absolute Gasteiger partial charge is 0.693 e. The van der Waals surface area contributed by atoms with Crippen LogP contribution in [0.2, 0.25) is 0 Å². The molecule has 0 spiro atoms. The second-order valence-corrected chi connectivity index (χ2v) is 6.23. The van der Waals surface area contributed by atoms with Gasteiger partial charge in [0.2, 0.25) is 0 Å². The first-order valence-corrected chi connectivity index (χ1v) is 8.25. The number of nitrogens with two attached hydrogens (primary N) is 2. The van der Waals surface area contributed by atoms with Crippen molar-refractivity contribution in [3.05, 3.63) is 23.8 Å². The van der Waals surface area contributed by atoms with E-state index in [1.54, 1.807) is 0 Å². The van der Waals surface area contributed by atoms with Crippen LogP contribution >= 0.6 is 0 Å². The molecule has 0 unspecified atom stereocenters. The first-order chi connectivity index (χ1) is 12.1. The first-order valence-electron chi connectivity index (χ1n) is 8.25. The molecule has 2 rings (SSSR count). The number of rotatable bonds is 7. The maximum Gasteiger partial charge on any atom is 4.00 e. The molecule has 0 aromatic heterocycles. The van der Waals surface area contributed by atoms with Gasteiger partial charge in [0.05, 0.1) is 23.9 Å². The fraction of sp³-hybridized carbons (Fsp3) is 0.750. The van der Waals surface area contributed by atoms with Crippen LogP contribution in [0.3, 0.4) is 0 Å². The van der Waals surface area contributed by atoms with Gasteiger partial charge >= 0.3 is 42.1 Å². The molecule has 12 nitrogen and oxygen atoms in total. The van der Waals surface area contributed by atoms with Gasteiger partial charge in [-0.1, -0.05) is 25.7 Å². The summed E-state index contributed by atoms with van der Waals surface area (Å²) in [6.45, 7) is 0.970. The minimum Gasteiger partial charge on any atom is -0.693 e. The van der Waals surface area contributed by atoms with Crippen LogP contribution in [-0.4, -0.2) is 37.0 Å². The van der Waals surface area contributed by atoms with Gasteiger partial charge in [-0.05, 0) is 25.7 Å². The summed E-state index contributed by atoms with van der Waals surface area (Å²) in [5.74, 6) is -6.06. The fourth-order valence-electron chi connectivity index (χ4n) is 2.29. The zero-order valence-corrected chi connectivity index (χ0v) is 20.7. The van der Waals surface area contributed by atoms with Crippen molar-refractivity contribution in [2.45, 2.75) is 51.4 Å². The van der Waals surface area contributed by atoms with Crippen LogP contribution in [-0.2, 0) is 61.3 Å². The van der Waals surface area contributed by atoms with Gasteiger partial charge in [-0.15, -0.1) is 0 Å². The summed E-state index contributed by atoms with van der Waals surface area (Å²) in [6, 6.07) is 0. The second-order valence-electron chi connectivity index (χ2n) is 6.23. The summed E-state index contributed by atoms with van der Waals surface area (Å²) in [6.07, 6.45) is 3.64. The van der Waals surface area contributed by atoms with Crippen molar-refractivity contribution < 1.29 is 81.7 Å². The third kappa shape index (κ3) is 10.4. The number of carbonyl (C=O) groups is 4. The molecule has 0 radical (unpaired) electrons. The van der Waals surface area contributed by atoms with Crippen LogP contribution < -0.4 is 20.4 Å². The zero-order chi connectivity index (χ0) is 20.4. The Balaban J connectivity index is -0.000000101. The molecule has 14 heteroatoms. The largest absolute Gasteiger partial charge is 4.00 e. The number of carboxylic acids is 4. The summed E-state index contributed by atoms with van der Waals surface area (Å²) in [5.41, 5.74) is 9.91. The Morgan fingerprint density at radius 2 is 0.800 bits per heavy atom. The van der Waals surface area contributed by atoms with E-state index in [1.807, 2.05) is 0 Å². The van der Waals surface area contributed by atoms with Gasteiger partial charge in [-0.25, -0.2) is 0 Å². The zero-order valence-electron chi connectivity index (χ0n) is 16.1. The number of aliphatic carboxylic acids is 4. The van der Waals surface area contributed by atoms with Gasteiger partial charge in [0.15, 0.2) is 0 Å². The standard InChI is InChI=1S/2C6H8O4.C4H10N2.2H2N.2Pt/c2*7-4(8)6(5(9)10)2-1-3-6;5-3-1-2-4-6;;;;/h2*1-3H2,(H,7,8)(H,9,10);5-6H,1-4H2;2*1H2;;/q;;-2;2*-1;2*+4/p-4. The second kappa shape index (κ2) is 18.8. The Hall–Kier alpha value is -0.903. The quantitative estimate of drug-likeness (QED) is 0.218. The molecule has 0 heterocycles. The molecular weight excluding hydrogens is 766 g/mol. The van der Waals surface area contributed by atoms with E-state index in [9.17, 15) is 39.6 Å². The Kier molecular flexibility index (Phi) is 24.8. The number of nitrogens with one attached hydrogen (secondary N) is 2. The van der Waals surface area contributed by atoms with Crippen molar-refractivity contribution in [3.63, 3.8) is 0 Å². The molecule has 0 bridgehead atoms. The van der Waals surface area contributed by atoms with Crippen LogP contribution in [0.4, 0.5) is 0 Å². The molecule has 0 aromatic rings. The van der Waals surface area contributed by atoms with Gasteiger partial charge < -0.3 is 63.4 Å². The molecular formula is C16H26N4O8Pt2. The third-order valence-corrected chi connectivity index (χ3v) is 4.58. The van der Waals surface area contributed by atoms with Crippen LogP contribution in [0.5, 0.6) is 0 Å². The minimum atomic E-state index is -1.67. The number of carbonyl (C=O) groups excluding carboxylic acids is 4. The van der Waals surface area contributed by atoms with Crippen LogP contribution in [0.15, 0.2) is 0 Å². The maximum atomic E-state index is 10.2. The molecule has 30 heavy (non-hydrogen) atoms. The predicted molar refractivity (Wildman–Crippen MR) is 90.8 cm³/mol. The van der Waals surface area contributed by atoms with E-state index in [4.69, 9.17) is 11.5 Å². The van der Waals surface area contributed by atoms with Crippen molar-refractivity contribution in [3.8, 4) is 0 Å². The topological polar surface area (TPSA) is 275 Å². The Bertz CT molecular complexity index is 451. The van der Waals surface area contributed by atoms with E-state index in [2.05, 4.69) is 0 Å². The molecule has 2 fully saturated rings. The molecule has 2 aliphatic carbocycles. The monoisotopic (exact) mass is 792 g/mol. The number of carboxylic acid groups (broad SMARTS) is 4. The third-order valence-electron chi connectivity index (χ3n) is 4.58. The fourth-order valence-corrected chi connectivity index (χ4v) is 2.29. The van der Waals surface area contributed by atoms with E-state index in [-0.39, 0.29) is 80.1 Å². The van der Waals surface area contributed by atoms with Crippen molar-refractivity contribution in [1.29, 1.82) is 0 Å². The Morgan fingerprint density at radius 1 is 0.600 bits per heavy atom. The van der Waals surface area contributed by atoms with Gasteiger partial charge in [0.25, 0.3) is 0 Å². The Labute approximate surface area is 204 Å². The van der Waals surface area contributed by atoms with Gasteiger partial charge in [-0.2, -0.15) is 13.1 Å². The first kappa shape index (κ1) is 39.6. The Morgan fingerprint density at radius 3 is 0.833 bits per heavy atom. The molecule has 0 saturated heterocycles. The molecule has 0 aliphatic heterocycles. The molecule has 2 aliphatic rings. The SMILES string of the molecule is O=C([O-])C1(C(=O)[O-])CCC1.O=C([O-])C1(C(=O)[O-])CCC1.[NH-]CCCC[NH-].[NH2-].[NH2-].[Pt+4].[Pt+4]. The molecule has 178 valence electrons.